The molecule has 1 aliphatic rings. The summed E-state index contributed by atoms with van der Waals surface area (Å²) in [6, 6.07) is 14.8. The minimum absolute atomic E-state index is 0.0207. The van der Waals surface area contributed by atoms with E-state index in [1.807, 2.05) is 6.07 Å². The highest BCUT2D eigenvalue weighted by Gasteiger charge is 2.21. The number of aryl methyl sites for hydroxylation is 2. The van der Waals surface area contributed by atoms with E-state index in [1.165, 1.54) is 11.3 Å². The summed E-state index contributed by atoms with van der Waals surface area (Å²) in [5.74, 6) is 0.0744. The normalized spacial score (nSPS) is 17.7. The Labute approximate surface area is 175 Å². The number of carbonyl (C=O) groups excluding carboxylic acids is 1. The lowest BCUT2D eigenvalue weighted by molar-refractivity contribution is -0.117. The molecule has 4 nitrogen and oxygen atoms in total. The zero-order valence-electron chi connectivity index (χ0n) is 18.4. The lowest BCUT2D eigenvalue weighted by atomic mass is 9.92. The van der Waals surface area contributed by atoms with Crippen molar-refractivity contribution in [2.45, 2.75) is 53.6 Å². The van der Waals surface area contributed by atoms with Crippen LogP contribution in [0.25, 0.3) is 0 Å². The summed E-state index contributed by atoms with van der Waals surface area (Å²) in [7, 11) is 0. The molecular weight excluding hydrogens is 360 g/mol. The summed E-state index contributed by atoms with van der Waals surface area (Å²) in [5.41, 5.74) is 5.58. The van der Waals surface area contributed by atoms with E-state index in [1.54, 1.807) is 0 Å². The van der Waals surface area contributed by atoms with Crippen LogP contribution in [-0.4, -0.2) is 25.6 Å². The van der Waals surface area contributed by atoms with Crippen LogP contribution in [0.1, 0.15) is 56.4 Å². The Hall–Kier alpha value is -2.33. The zero-order valence-corrected chi connectivity index (χ0v) is 18.4. The van der Waals surface area contributed by atoms with E-state index in [9.17, 15) is 4.79 Å². The first-order valence-electron chi connectivity index (χ1n) is 10.6. The molecule has 1 fully saturated rings. The second kappa shape index (κ2) is 9.00. The van der Waals surface area contributed by atoms with E-state index in [2.05, 4.69) is 81.2 Å². The Morgan fingerprint density at radius 3 is 2.38 bits per heavy atom. The summed E-state index contributed by atoms with van der Waals surface area (Å²) >= 11 is 0. The van der Waals surface area contributed by atoms with Crippen LogP contribution in [0.4, 0.5) is 11.4 Å². The molecule has 0 spiro atoms. The summed E-state index contributed by atoms with van der Waals surface area (Å²) in [4.78, 5) is 14.8. The molecule has 3 rings (SSSR count). The van der Waals surface area contributed by atoms with Gasteiger partial charge in [-0.1, -0.05) is 51.1 Å². The lowest BCUT2D eigenvalue weighted by Gasteiger charge is -2.25. The molecule has 4 heteroatoms. The second-order valence-electron chi connectivity index (χ2n) is 9.29. The van der Waals surface area contributed by atoms with Gasteiger partial charge in [0.15, 0.2) is 0 Å². The van der Waals surface area contributed by atoms with Gasteiger partial charge in [0.1, 0.15) is 0 Å². The highest BCUT2D eigenvalue weighted by Crippen LogP contribution is 2.31. The van der Waals surface area contributed by atoms with Crippen molar-refractivity contribution in [1.82, 2.24) is 0 Å². The molecule has 1 atom stereocenters. The Morgan fingerprint density at radius 1 is 1.10 bits per heavy atom. The number of nitrogens with zero attached hydrogens (tertiary/aromatic N) is 1. The van der Waals surface area contributed by atoms with Crippen molar-refractivity contribution in [2.24, 2.45) is 5.41 Å². The summed E-state index contributed by atoms with van der Waals surface area (Å²) in [5, 5.41) is 3.12. The van der Waals surface area contributed by atoms with Gasteiger partial charge >= 0.3 is 0 Å². The fraction of sp³-hybridized carbons (Fsp3) is 0.480. The molecule has 1 aliphatic heterocycles. The number of nitrogens with one attached hydrogen (secondary N) is 1. The molecule has 0 aromatic heterocycles. The fourth-order valence-corrected chi connectivity index (χ4v) is 3.95. The molecule has 0 aliphatic carbocycles. The maximum absolute atomic E-state index is 12.4. The van der Waals surface area contributed by atoms with E-state index in [0.717, 1.165) is 36.3 Å². The Kier molecular flexibility index (Phi) is 6.63. The van der Waals surface area contributed by atoms with Crippen LogP contribution < -0.4 is 10.2 Å². The molecule has 0 saturated carbocycles. The molecule has 0 radical (unpaired) electrons. The molecule has 1 N–H and O–H groups in total. The summed E-state index contributed by atoms with van der Waals surface area (Å²) in [6.07, 6.45) is 1.63. The number of ether oxygens (including phenoxy) is 1. The van der Waals surface area contributed by atoms with Gasteiger partial charge in [-0.05, 0) is 54.5 Å². The van der Waals surface area contributed by atoms with Crippen LogP contribution in [0, 0.1) is 19.3 Å². The highest BCUT2D eigenvalue weighted by atomic mass is 16.5. The van der Waals surface area contributed by atoms with E-state index in [4.69, 9.17) is 4.74 Å². The van der Waals surface area contributed by atoms with Gasteiger partial charge in [-0.2, -0.15) is 0 Å². The number of amides is 1. The molecule has 29 heavy (non-hydrogen) atoms. The van der Waals surface area contributed by atoms with Crippen molar-refractivity contribution in [2.75, 3.05) is 29.9 Å². The maximum atomic E-state index is 12.4. The number of hydrogen-bond donors (Lipinski definition) is 1. The van der Waals surface area contributed by atoms with E-state index >= 15 is 0 Å². The van der Waals surface area contributed by atoms with Gasteiger partial charge in [0.2, 0.25) is 5.91 Å². The SMILES string of the molecule is Cc1cc(N2CCO[C@@H](c3ccccc3)CC2)cc(C)c1NC(=O)CC(C)(C)C. The number of benzene rings is 2. The molecular formula is C25H34N2O2. The molecule has 2 aromatic rings. The van der Waals surface area contributed by atoms with Crippen LogP contribution in [0.3, 0.4) is 0 Å². The van der Waals surface area contributed by atoms with Gasteiger partial charge in [-0.15, -0.1) is 0 Å². The fourth-order valence-electron chi connectivity index (χ4n) is 3.95. The summed E-state index contributed by atoms with van der Waals surface area (Å²) < 4.78 is 6.13. The average molecular weight is 395 g/mol. The monoisotopic (exact) mass is 394 g/mol. The van der Waals surface area contributed by atoms with Crippen LogP contribution in [0.2, 0.25) is 0 Å². The predicted molar refractivity (Wildman–Crippen MR) is 121 cm³/mol. The van der Waals surface area contributed by atoms with Crippen molar-refractivity contribution in [1.29, 1.82) is 0 Å². The second-order valence-corrected chi connectivity index (χ2v) is 9.29. The van der Waals surface area contributed by atoms with Crippen molar-refractivity contribution < 1.29 is 9.53 Å². The molecule has 1 heterocycles. The predicted octanol–water partition coefficient (Wildman–Crippen LogP) is 5.65. The number of anilines is 2. The largest absolute Gasteiger partial charge is 0.372 e. The molecule has 2 aromatic carbocycles. The first-order valence-corrected chi connectivity index (χ1v) is 10.6. The molecule has 0 bridgehead atoms. The number of hydrogen-bond acceptors (Lipinski definition) is 3. The van der Waals surface area contributed by atoms with Crippen LogP contribution in [-0.2, 0) is 9.53 Å². The van der Waals surface area contributed by atoms with Crippen LogP contribution in [0.5, 0.6) is 0 Å². The van der Waals surface area contributed by atoms with Gasteiger partial charge in [0, 0.05) is 30.9 Å². The quantitative estimate of drug-likeness (QED) is 0.729. The Morgan fingerprint density at radius 2 is 1.76 bits per heavy atom. The van der Waals surface area contributed by atoms with Gasteiger partial charge in [0.25, 0.3) is 0 Å². The topological polar surface area (TPSA) is 41.6 Å². The minimum Gasteiger partial charge on any atom is -0.372 e. The van der Waals surface area contributed by atoms with Crippen molar-refractivity contribution in [3.63, 3.8) is 0 Å². The minimum atomic E-state index is -0.0207. The lowest BCUT2D eigenvalue weighted by Crippen LogP contribution is -2.26. The molecule has 1 amide bonds. The average Bonchev–Trinajstić information content (AvgIpc) is 2.90. The van der Waals surface area contributed by atoms with Crippen LogP contribution in [0.15, 0.2) is 42.5 Å². The first-order chi connectivity index (χ1) is 13.7. The van der Waals surface area contributed by atoms with E-state index in [-0.39, 0.29) is 17.4 Å². The smallest absolute Gasteiger partial charge is 0.224 e. The maximum Gasteiger partial charge on any atom is 0.224 e. The van der Waals surface area contributed by atoms with Crippen molar-refractivity contribution >= 4 is 17.3 Å². The van der Waals surface area contributed by atoms with Gasteiger partial charge in [-0.3, -0.25) is 4.79 Å². The van der Waals surface area contributed by atoms with Crippen LogP contribution >= 0.6 is 0 Å². The third kappa shape index (κ3) is 5.83. The number of carbonyl (C=O) groups is 1. The first kappa shape index (κ1) is 21.4. The van der Waals surface area contributed by atoms with E-state index < -0.39 is 0 Å². The molecule has 0 unspecified atom stereocenters. The zero-order chi connectivity index (χ0) is 21.0. The van der Waals surface area contributed by atoms with Crippen molar-refractivity contribution in [3.8, 4) is 0 Å². The van der Waals surface area contributed by atoms with Crippen molar-refractivity contribution in [3.05, 3.63) is 59.2 Å². The Bertz CT molecular complexity index is 817. The molecule has 156 valence electrons. The van der Waals surface area contributed by atoms with Gasteiger partial charge < -0.3 is 15.0 Å². The third-order valence-corrected chi connectivity index (χ3v) is 5.35. The van der Waals surface area contributed by atoms with E-state index in [0.29, 0.717) is 13.0 Å². The summed E-state index contributed by atoms with van der Waals surface area (Å²) in [6.45, 7) is 12.9. The Balaban J connectivity index is 1.70. The standard InChI is InChI=1S/C25H34N2O2/c1-18-15-21(16-19(2)24(18)26-23(28)17-25(3,4)5)27-12-11-22(29-14-13-27)20-9-7-6-8-10-20/h6-10,15-16,22H,11-14,17H2,1-5H3,(H,26,28)/t22-/m1/s1. The van der Waals surface area contributed by atoms with Gasteiger partial charge in [-0.25, -0.2) is 0 Å². The molecule has 1 saturated heterocycles. The third-order valence-electron chi connectivity index (χ3n) is 5.35. The highest BCUT2D eigenvalue weighted by molar-refractivity contribution is 5.93. The number of rotatable bonds is 4. The van der Waals surface area contributed by atoms with Gasteiger partial charge in [0.05, 0.1) is 12.7 Å².